The smallest absolute Gasteiger partial charge is 0.243 e. The highest BCUT2D eigenvalue weighted by molar-refractivity contribution is 7.89. The van der Waals surface area contributed by atoms with Crippen molar-refractivity contribution in [1.82, 2.24) is 4.31 Å². The van der Waals surface area contributed by atoms with Crippen molar-refractivity contribution in [1.29, 1.82) is 0 Å². The van der Waals surface area contributed by atoms with E-state index < -0.39 is 15.9 Å². The topological polar surface area (TPSA) is 66.5 Å². The molecule has 0 unspecified atom stereocenters. The maximum Gasteiger partial charge on any atom is 0.243 e. The first-order valence-electron chi connectivity index (χ1n) is 9.11. The van der Waals surface area contributed by atoms with Gasteiger partial charge in [0.15, 0.2) is 0 Å². The molecule has 0 heterocycles. The standard InChI is InChI=1S/C22H20Cl2N2O3S/c1-16-6-10-19(11-7-16)25-22(27)15-26(14-17-4-2-3-5-21(17)24)30(28,29)20-12-8-18(23)9-13-20/h2-13H,14-15H2,1H3,(H,25,27). The summed E-state index contributed by atoms with van der Waals surface area (Å²) in [4.78, 5) is 12.7. The number of anilines is 1. The van der Waals surface area contributed by atoms with Crippen molar-refractivity contribution in [3.63, 3.8) is 0 Å². The molecule has 0 aliphatic rings. The van der Waals surface area contributed by atoms with Crippen molar-refractivity contribution >= 4 is 44.8 Å². The molecule has 30 heavy (non-hydrogen) atoms. The zero-order valence-electron chi connectivity index (χ0n) is 16.2. The number of sulfonamides is 1. The van der Waals surface area contributed by atoms with Crippen molar-refractivity contribution in [3.05, 3.63) is 94.0 Å². The SMILES string of the molecule is Cc1ccc(NC(=O)CN(Cc2ccccc2Cl)S(=O)(=O)c2ccc(Cl)cc2)cc1. The number of carbonyl (C=O) groups excluding carboxylic acids is 1. The molecule has 0 spiro atoms. The Balaban J connectivity index is 1.88. The first kappa shape index (κ1) is 22.3. The van der Waals surface area contributed by atoms with Gasteiger partial charge in [-0.1, -0.05) is 59.1 Å². The van der Waals surface area contributed by atoms with Gasteiger partial charge in [0, 0.05) is 22.3 Å². The van der Waals surface area contributed by atoms with E-state index in [0.29, 0.717) is 21.3 Å². The lowest BCUT2D eigenvalue weighted by molar-refractivity contribution is -0.116. The maximum absolute atomic E-state index is 13.3. The summed E-state index contributed by atoms with van der Waals surface area (Å²) in [5.74, 6) is -0.455. The van der Waals surface area contributed by atoms with Gasteiger partial charge >= 0.3 is 0 Å². The Morgan fingerprint density at radius 1 is 0.933 bits per heavy atom. The summed E-state index contributed by atoms with van der Waals surface area (Å²) in [5.41, 5.74) is 2.24. The third-order valence-electron chi connectivity index (χ3n) is 4.41. The van der Waals surface area contributed by atoms with Gasteiger partial charge in [0.25, 0.3) is 0 Å². The maximum atomic E-state index is 13.3. The molecule has 1 amide bonds. The molecule has 3 rings (SSSR count). The zero-order chi connectivity index (χ0) is 21.7. The minimum absolute atomic E-state index is 0.0436. The van der Waals surface area contributed by atoms with Crippen LogP contribution in [0.25, 0.3) is 0 Å². The summed E-state index contributed by atoms with van der Waals surface area (Å²) in [6.07, 6.45) is 0. The van der Waals surface area contributed by atoms with E-state index in [0.717, 1.165) is 9.87 Å². The largest absolute Gasteiger partial charge is 0.325 e. The van der Waals surface area contributed by atoms with Gasteiger partial charge < -0.3 is 5.32 Å². The second-order valence-electron chi connectivity index (χ2n) is 6.73. The number of aryl methyl sites for hydroxylation is 1. The lowest BCUT2D eigenvalue weighted by atomic mass is 10.2. The molecule has 0 aliphatic carbocycles. The molecule has 0 fully saturated rings. The molecule has 0 saturated heterocycles. The van der Waals surface area contributed by atoms with E-state index in [4.69, 9.17) is 23.2 Å². The number of hydrogen-bond donors (Lipinski definition) is 1. The molecule has 8 heteroatoms. The van der Waals surface area contributed by atoms with Gasteiger partial charge in [-0.05, 0) is 55.0 Å². The summed E-state index contributed by atoms with van der Waals surface area (Å²) < 4.78 is 27.6. The quantitative estimate of drug-likeness (QED) is 0.528. The van der Waals surface area contributed by atoms with Crippen molar-refractivity contribution in [2.24, 2.45) is 0 Å². The van der Waals surface area contributed by atoms with Gasteiger partial charge in [-0.2, -0.15) is 4.31 Å². The molecule has 3 aromatic carbocycles. The molecule has 0 radical (unpaired) electrons. The van der Waals surface area contributed by atoms with E-state index >= 15 is 0 Å². The first-order valence-corrected chi connectivity index (χ1v) is 11.3. The minimum atomic E-state index is -3.97. The number of nitrogens with one attached hydrogen (secondary N) is 1. The van der Waals surface area contributed by atoms with Crippen LogP contribution < -0.4 is 5.32 Å². The fourth-order valence-electron chi connectivity index (χ4n) is 2.80. The van der Waals surface area contributed by atoms with Gasteiger partial charge in [0.05, 0.1) is 11.4 Å². The Labute approximate surface area is 186 Å². The third-order valence-corrected chi connectivity index (χ3v) is 6.84. The van der Waals surface area contributed by atoms with Gasteiger partial charge in [-0.25, -0.2) is 8.42 Å². The Morgan fingerprint density at radius 3 is 2.20 bits per heavy atom. The number of benzene rings is 3. The van der Waals surface area contributed by atoms with E-state index in [1.807, 2.05) is 19.1 Å². The molecular formula is C22H20Cl2N2O3S. The summed E-state index contributed by atoms with van der Waals surface area (Å²) >= 11 is 12.1. The highest BCUT2D eigenvalue weighted by atomic mass is 35.5. The summed E-state index contributed by atoms with van der Waals surface area (Å²) in [6, 6.07) is 20.0. The van der Waals surface area contributed by atoms with Gasteiger partial charge in [-0.3, -0.25) is 4.79 Å². The van der Waals surface area contributed by atoms with Crippen LogP contribution in [-0.4, -0.2) is 25.2 Å². The van der Waals surface area contributed by atoms with Crippen LogP contribution in [0.3, 0.4) is 0 Å². The number of rotatable bonds is 7. The predicted octanol–water partition coefficient (Wildman–Crippen LogP) is 5.13. The molecule has 1 N–H and O–H groups in total. The first-order chi connectivity index (χ1) is 14.3. The summed E-state index contributed by atoms with van der Waals surface area (Å²) in [7, 11) is -3.97. The zero-order valence-corrected chi connectivity index (χ0v) is 18.5. The predicted molar refractivity (Wildman–Crippen MR) is 120 cm³/mol. The van der Waals surface area contributed by atoms with Crippen LogP contribution in [0.2, 0.25) is 10.0 Å². The molecule has 0 aliphatic heterocycles. The van der Waals surface area contributed by atoms with E-state index in [-0.39, 0.29) is 18.0 Å². The van der Waals surface area contributed by atoms with Crippen molar-refractivity contribution in [3.8, 4) is 0 Å². The molecule has 5 nitrogen and oxygen atoms in total. The van der Waals surface area contributed by atoms with E-state index in [1.54, 1.807) is 36.4 Å². The lowest BCUT2D eigenvalue weighted by Crippen LogP contribution is -2.37. The van der Waals surface area contributed by atoms with E-state index in [9.17, 15) is 13.2 Å². The second-order valence-corrected chi connectivity index (χ2v) is 9.51. The average molecular weight is 463 g/mol. The van der Waals surface area contributed by atoms with E-state index in [2.05, 4.69) is 5.32 Å². The molecule has 156 valence electrons. The fourth-order valence-corrected chi connectivity index (χ4v) is 4.49. The fraction of sp³-hybridized carbons (Fsp3) is 0.136. The van der Waals surface area contributed by atoms with Gasteiger partial charge in [0.2, 0.25) is 15.9 Å². The molecule has 3 aromatic rings. The van der Waals surface area contributed by atoms with Crippen LogP contribution in [0.1, 0.15) is 11.1 Å². The number of halogens is 2. The van der Waals surface area contributed by atoms with Crippen LogP contribution in [0, 0.1) is 6.92 Å². The number of hydrogen-bond acceptors (Lipinski definition) is 3. The number of nitrogens with zero attached hydrogens (tertiary/aromatic N) is 1. The van der Waals surface area contributed by atoms with Crippen LogP contribution >= 0.6 is 23.2 Å². The monoisotopic (exact) mass is 462 g/mol. The Bertz CT molecular complexity index is 1130. The molecule has 0 saturated carbocycles. The third kappa shape index (κ3) is 5.61. The number of amides is 1. The normalized spacial score (nSPS) is 11.5. The number of carbonyl (C=O) groups is 1. The van der Waals surface area contributed by atoms with Crippen molar-refractivity contribution in [2.75, 3.05) is 11.9 Å². The molecular weight excluding hydrogens is 443 g/mol. The lowest BCUT2D eigenvalue weighted by Gasteiger charge is -2.22. The average Bonchev–Trinajstić information content (AvgIpc) is 2.71. The Morgan fingerprint density at radius 2 is 1.57 bits per heavy atom. The van der Waals surface area contributed by atoms with Crippen LogP contribution in [-0.2, 0) is 21.4 Å². The molecule has 0 aromatic heterocycles. The minimum Gasteiger partial charge on any atom is -0.325 e. The summed E-state index contributed by atoms with van der Waals surface area (Å²) in [6.45, 7) is 1.52. The highest BCUT2D eigenvalue weighted by Gasteiger charge is 2.27. The van der Waals surface area contributed by atoms with Crippen LogP contribution in [0.15, 0.2) is 77.7 Å². The van der Waals surface area contributed by atoms with Crippen LogP contribution in [0.4, 0.5) is 5.69 Å². The second kappa shape index (κ2) is 9.62. The van der Waals surface area contributed by atoms with Crippen LogP contribution in [0.5, 0.6) is 0 Å². The van der Waals surface area contributed by atoms with Gasteiger partial charge in [-0.15, -0.1) is 0 Å². The van der Waals surface area contributed by atoms with E-state index in [1.165, 1.54) is 24.3 Å². The Kier molecular flexibility index (Phi) is 7.15. The van der Waals surface area contributed by atoms with Gasteiger partial charge in [0.1, 0.15) is 0 Å². The summed E-state index contributed by atoms with van der Waals surface area (Å²) in [5, 5.41) is 3.58. The Hall–Kier alpha value is -2.38. The van der Waals surface area contributed by atoms with Crippen molar-refractivity contribution in [2.45, 2.75) is 18.4 Å². The highest BCUT2D eigenvalue weighted by Crippen LogP contribution is 2.23. The molecule has 0 bridgehead atoms. The molecule has 0 atom stereocenters. The van der Waals surface area contributed by atoms with Crippen molar-refractivity contribution < 1.29 is 13.2 Å².